The van der Waals surface area contributed by atoms with Crippen molar-refractivity contribution < 1.29 is 11.0 Å². The largest absolute Gasteiger partial charge is 0.295 e. The van der Waals surface area contributed by atoms with E-state index in [1.165, 1.54) is 0 Å². The van der Waals surface area contributed by atoms with Gasteiger partial charge in [-0.05, 0) is 52.0 Å². The van der Waals surface area contributed by atoms with E-state index in [9.17, 15) is 0 Å². The van der Waals surface area contributed by atoms with Gasteiger partial charge in [0.2, 0.25) is 0 Å². The number of fused-ring (bicyclic) bond motifs is 3. The van der Waals surface area contributed by atoms with Gasteiger partial charge in [-0.3, -0.25) is 4.57 Å². The minimum atomic E-state index is -2.46. The van der Waals surface area contributed by atoms with Gasteiger partial charge in [-0.15, -0.1) is 0 Å². The lowest BCUT2D eigenvalue weighted by atomic mass is 9.89. The molecule has 0 bridgehead atoms. The van der Waals surface area contributed by atoms with Crippen molar-refractivity contribution in [3.8, 4) is 27.9 Å². The summed E-state index contributed by atoms with van der Waals surface area (Å²) < 4.78 is 67.6. The van der Waals surface area contributed by atoms with Gasteiger partial charge in [-0.2, -0.15) is 0 Å². The number of rotatable bonds is 3. The lowest BCUT2D eigenvalue weighted by Gasteiger charge is -2.19. The maximum absolute atomic E-state index is 8.40. The molecule has 0 aliphatic rings. The van der Waals surface area contributed by atoms with Gasteiger partial charge < -0.3 is 0 Å². The van der Waals surface area contributed by atoms with Crippen LogP contribution in [0.4, 0.5) is 0 Å². The maximum atomic E-state index is 8.40. The van der Waals surface area contributed by atoms with Crippen LogP contribution in [0.1, 0.15) is 16.8 Å². The molecule has 0 atom stereocenters. The van der Waals surface area contributed by atoms with Crippen molar-refractivity contribution in [3.05, 3.63) is 133 Å². The van der Waals surface area contributed by atoms with Crippen LogP contribution >= 0.6 is 0 Å². The lowest BCUT2D eigenvalue weighted by Crippen LogP contribution is -2.01. The van der Waals surface area contributed by atoms with Gasteiger partial charge in [-0.1, -0.05) is 115 Å². The Morgan fingerprint density at radius 2 is 1.19 bits per heavy atom. The molecule has 36 heavy (non-hydrogen) atoms. The highest BCUT2D eigenvalue weighted by Crippen LogP contribution is 2.42. The molecule has 0 fully saturated rings. The number of hydrogen-bond acceptors (Lipinski definition) is 1. The molecule has 170 valence electrons. The van der Waals surface area contributed by atoms with Gasteiger partial charge in [0.05, 0.1) is 23.6 Å². The third kappa shape index (κ3) is 3.15. The molecule has 7 aromatic rings. The highest BCUT2D eigenvalue weighted by Gasteiger charge is 2.19. The molecule has 2 nitrogen and oxygen atoms in total. The Morgan fingerprint density at radius 3 is 1.86 bits per heavy atom. The van der Waals surface area contributed by atoms with Crippen molar-refractivity contribution in [1.82, 2.24) is 9.55 Å². The number of hydrogen-bond donors (Lipinski definition) is 0. The van der Waals surface area contributed by atoms with Gasteiger partial charge in [0.1, 0.15) is 5.82 Å². The lowest BCUT2D eigenvalue weighted by molar-refractivity contribution is 1.02. The Balaban J connectivity index is 1.52. The third-order valence-electron chi connectivity index (χ3n) is 6.65. The Hall–Kier alpha value is -4.69. The average molecular weight is 469 g/mol. The second kappa shape index (κ2) is 8.21. The molecule has 0 saturated carbocycles. The van der Waals surface area contributed by atoms with Crippen molar-refractivity contribution in [2.24, 2.45) is 0 Å². The zero-order chi connectivity index (χ0) is 30.9. The number of imidazole rings is 1. The molecule has 0 radical (unpaired) electrons. The maximum Gasteiger partial charge on any atom is 0.111 e. The van der Waals surface area contributed by atoms with E-state index in [0.717, 1.165) is 38.4 Å². The zero-order valence-electron chi connectivity index (χ0n) is 27.1. The summed E-state index contributed by atoms with van der Waals surface area (Å²) in [4.78, 5) is 4.56. The first-order valence-corrected chi connectivity index (χ1v) is 11.7. The molecule has 0 saturated heterocycles. The average Bonchev–Trinajstić information content (AvgIpc) is 3.42. The Kier molecular flexibility index (Phi) is 3.20. The first-order chi connectivity index (χ1) is 21.1. The van der Waals surface area contributed by atoms with E-state index in [1.54, 1.807) is 16.7 Å². The zero-order valence-corrected chi connectivity index (χ0v) is 19.1. The second-order valence-electron chi connectivity index (χ2n) is 8.65. The van der Waals surface area contributed by atoms with Crippen LogP contribution in [0.15, 0.2) is 127 Å². The van der Waals surface area contributed by atoms with Crippen LogP contribution in [-0.2, 0) is 0 Å². The second-order valence-corrected chi connectivity index (χ2v) is 8.65. The van der Waals surface area contributed by atoms with Crippen molar-refractivity contribution in [3.63, 3.8) is 0 Å². The van der Waals surface area contributed by atoms with Crippen LogP contribution in [0.3, 0.4) is 0 Å². The fraction of sp³-hybridized carbons (Fsp3) is 0.0294. The topological polar surface area (TPSA) is 17.8 Å². The molecule has 6 aromatic carbocycles. The van der Waals surface area contributed by atoms with Crippen molar-refractivity contribution in [1.29, 1.82) is 0 Å². The fourth-order valence-corrected chi connectivity index (χ4v) is 5.11. The van der Waals surface area contributed by atoms with E-state index in [4.69, 9.17) is 11.0 Å². The summed E-state index contributed by atoms with van der Waals surface area (Å²) in [5.74, 6) is -0.00951. The molecule has 0 spiro atoms. The van der Waals surface area contributed by atoms with Gasteiger partial charge in [-0.25, -0.2) is 4.98 Å². The number of aromatic nitrogens is 2. The van der Waals surface area contributed by atoms with E-state index < -0.39 is 12.9 Å². The van der Waals surface area contributed by atoms with Crippen LogP contribution in [0, 0.1) is 6.85 Å². The number of nitrogens with zero attached hydrogens (tertiary/aromatic N) is 2. The normalized spacial score (nSPS) is 15.0. The Morgan fingerprint density at radius 1 is 0.611 bits per heavy atom. The Bertz CT molecular complexity index is 2180. The summed E-state index contributed by atoms with van der Waals surface area (Å²) in [5, 5.41) is 3.52. The highest BCUT2D eigenvalue weighted by molar-refractivity contribution is 6.18. The van der Waals surface area contributed by atoms with Gasteiger partial charge in [0, 0.05) is 14.9 Å². The van der Waals surface area contributed by atoms with Crippen LogP contribution in [-0.4, -0.2) is 9.55 Å². The van der Waals surface area contributed by atoms with E-state index in [0.29, 0.717) is 16.6 Å². The van der Waals surface area contributed by atoms with Gasteiger partial charge in [0.25, 0.3) is 0 Å². The standard InChI is InChI=1S/C34H24N2/c1-23-35-31-17-9-10-18-32(31)36(23)34-29-15-7-5-13-27(29)33(28-14-6-8-16-30(28)34)26-21-19-25(20-22-26)24-11-3-2-4-12-24/h2-22H,1H3/i1D3,2D,3D,4D,11D,12D. The Labute approximate surface area is 221 Å². The minimum absolute atomic E-state index is 0.00951. The smallest absolute Gasteiger partial charge is 0.111 e. The predicted molar refractivity (Wildman–Crippen MR) is 152 cm³/mol. The first kappa shape index (κ1) is 14.0. The predicted octanol–water partition coefficient (Wildman–Crippen LogP) is 8.97. The summed E-state index contributed by atoms with van der Waals surface area (Å²) in [6, 6.07) is 28.8. The summed E-state index contributed by atoms with van der Waals surface area (Å²) in [7, 11) is 0. The summed E-state index contributed by atoms with van der Waals surface area (Å²) in [6.07, 6.45) is 0. The molecule has 7 rings (SSSR count). The molecule has 2 heteroatoms. The molecular formula is C34H24N2. The quantitative estimate of drug-likeness (QED) is 0.237. The SMILES string of the molecule is [2H]c1c([2H])c([2H])c(-c2ccc(-c3c4ccccc4c(-n4c(C([2H])([2H])[2H])nc5ccccc54)c4ccccc34)cc2)c([2H])c1[2H]. The monoisotopic (exact) mass is 468 g/mol. The molecule has 1 heterocycles. The first-order valence-electron chi connectivity index (χ1n) is 15.7. The van der Waals surface area contributed by atoms with E-state index in [1.807, 2.05) is 84.9 Å². The molecule has 0 unspecified atom stereocenters. The minimum Gasteiger partial charge on any atom is -0.295 e. The van der Waals surface area contributed by atoms with Crippen molar-refractivity contribution in [2.75, 3.05) is 0 Å². The van der Waals surface area contributed by atoms with Crippen LogP contribution < -0.4 is 0 Å². The van der Waals surface area contributed by atoms with E-state index >= 15 is 0 Å². The number of aryl methyl sites for hydroxylation is 1. The van der Waals surface area contributed by atoms with E-state index in [2.05, 4.69) is 4.98 Å². The third-order valence-corrected chi connectivity index (χ3v) is 6.65. The van der Waals surface area contributed by atoms with Gasteiger partial charge in [0.15, 0.2) is 0 Å². The molecule has 0 amide bonds. The van der Waals surface area contributed by atoms with Crippen LogP contribution in [0.5, 0.6) is 0 Å². The molecule has 0 aliphatic carbocycles. The number of benzene rings is 6. The van der Waals surface area contributed by atoms with Crippen molar-refractivity contribution >= 4 is 32.6 Å². The summed E-state index contributed by atoms with van der Waals surface area (Å²) in [5.41, 5.74) is 4.50. The molecule has 0 N–H and O–H groups in total. The highest BCUT2D eigenvalue weighted by atomic mass is 15.1. The molecule has 1 aromatic heterocycles. The molecule has 0 aliphatic heterocycles. The van der Waals surface area contributed by atoms with Crippen LogP contribution in [0.25, 0.3) is 60.5 Å². The molecular weight excluding hydrogens is 436 g/mol. The summed E-state index contributed by atoms with van der Waals surface area (Å²) >= 11 is 0. The van der Waals surface area contributed by atoms with Crippen LogP contribution in [0.2, 0.25) is 0 Å². The summed E-state index contributed by atoms with van der Waals surface area (Å²) in [6.45, 7) is -2.46. The van der Waals surface area contributed by atoms with E-state index in [-0.39, 0.29) is 35.6 Å². The van der Waals surface area contributed by atoms with Gasteiger partial charge >= 0.3 is 0 Å². The van der Waals surface area contributed by atoms with Crippen molar-refractivity contribution in [2.45, 2.75) is 6.85 Å². The number of para-hydroxylation sites is 2. The fourth-order valence-electron chi connectivity index (χ4n) is 5.11.